The molecular formula is C28H25N3O6. The second-order valence-electron chi connectivity index (χ2n) is 8.25. The largest absolute Gasteiger partial charge is 0.478 e. The highest BCUT2D eigenvalue weighted by atomic mass is 16.5. The molecule has 1 unspecified atom stereocenters. The smallest absolute Gasteiger partial charge is 0.335 e. The maximum absolute atomic E-state index is 13.2. The zero-order chi connectivity index (χ0) is 26.4. The second kappa shape index (κ2) is 11.2. The van der Waals surface area contributed by atoms with Crippen LogP contribution >= 0.6 is 0 Å². The third kappa shape index (κ3) is 6.02. The number of carbonyl (C=O) groups excluding carboxylic acids is 3. The number of carbonyl (C=O) groups is 4. The number of para-hydroxylation sites is 2. The van der Waals surface area contributed by atoms with Crippen LogP contribution in [0.2, 0.25) is 0 Å². The number of hydrogen-bond donors (Lipinski definition) is 4. The van der Waals surface area contributed by atoms with Crippen LogP contribution < -0.4 is 10.6 Å². The van der Waals surface area contributed by atoms with Crippen molar-refractivity contribution in [3.63, 3.8) is 0 Å². The van der Waals surface area contributed by atoms with E-state index in [1.165, 1.54) is 12.1 Å². The lowest BCUT2D eigenvalue weighted by molar-refractivity contribution is -0.145. The summed E-state index contributed by atoms with van der Waals surface area (Å²) in [6.45, 7) is 1.79. The van der Waals surface area contributed by atoms with E-state index in [2.05, 4.69) is 15.6 Å². The van der Waals surface area contributed by atoms with Gasteiger partial charge in [0.25, 0.3) is 11.8 Å². The van der Waals surface area contributed by atoms with E-state index in [-0.39, 0.29) is 29.8 Å². The fourth-order valence-electron chi connectivity index (χ4n) is 3.87. The van der Waals surface area contributed by atoms with Crippen LogP contribution in [0.15, 0.2) is 78.9 Å². The number of aromatic carboxylic acids is 1. The molecule has 9 nitrogen and oxygen atoms in total. The van der Waals surface area contributed by atoms with Crippen molar-refractivity contribution in [2.24, 2.45) is 0 Å². The van der Waals surface area contributed by atoms with Crippen molar-refractivity contribution in [3.8, 4) is 0 Å². The van der Waals surface area contributed by atoms with E-state index in [0.29, 0.717) is 11.3 Å². The van der Waals surface area contributed by atoms with Crippen molar-refractivity contribution in [1.29, 1.82) is 0 Å². The predicted molar refractivity (Wildman–Crippen MR) is 138 cm³/mol. The zero-order valence-corrected chi connectivity index (χ0v) is 20.0. The molecule has 4 aromatic rings. The minimum atomic E-state index is -1.06. The summed E-state index contributed by atoms with van der Waals surface area (Å²) in [5, 5.41) is 15.4. The van der Waals surface area contributed by atoms with Gasteiger partial charge in [0.05, 0.1) is 23.4 Å². The van der Waals surface area contributed by atoms with Crippen LogP contribution in [0.3, 0.4) is 0 Å². The summed E-state index contributed by atoms with van der Waals surface area (Å²) in [7, 11) is 0. The molecule has 3 aromatic carbocycles. The van der Waals surface area contributed by atoms with E-state index >= 15 is 0 Å². The number of anilines is 1. The summed E-state index contributed by atoms with van der Waals surface area (Å²) in [4.78, 5) is 52.9. The third-order valence-corrected chi connectivity index (χ3v) is 5.71. The highest BCUT2D eigenvalue weighted by Gasteiger charge is 2.25. The Hall–Kier alpha value is -4.92. The molecule has 1 heterocycles. The van der Waals surface area contributed by atoms with Crippen molar-refractivity contribution in [1.82, 2.24) is 10.3 Å². The molecule has 1 atom stereocenters. The number of esters is 1. The number of H-pyrrole nitrogens is 1. The fourth-order valence-corrected chi connectivity index (χ4v) is 3.87. The van der Waals surface area contributed by atoms with E-state index in [9.17, 15) is 19.2 Å². The Balaban J connectivity index is 1.52. The van der Waals surface area contributed by atoms with Gasteiger partial charge in [-0.05, 0) is 48.9 Å². The van der Waals surface area contributed by atoms with Crippen LogP contribution in [0, 0.1) is 0 Å². The zero-order valence-electron chi connectivity index (χ0n) is 20.0. The number of hydrogen-bond acceptors (Lipinski definition) is 5. The topological polar surface area (TPSA) is 138 Å². The highest BCUT2D eigenvalue weighted by molar-refractivity contribution is 6.10. The van der Waals surface area contributed by atoms with Crippen LogP contribution in [0.25, 0.3) is 10.9 Å². The third-order valence-electron chi connectivity index (χ3n) is 5.71. The van der Waals surface area contributed by atoms with Crippen molar-refractivity contribution < 1.29 is 29.0 Å². The van der Waals surface area contributed by atoms with Gasteiger partial charge in [0.15, 0.2) is 0 Å². The van der Waals surface area contributed by atoms with E-state index in [1.807, 2.05) is 24.3 Å². The van der Waals surface area contributed by atoms with Gasteiger partial charge < -0.3 is 25.5 Å². The molecule has 9 heteroatoms. The second-order valence-corrected chi connectivity index (χ2v) is 8.25. The Morgan fingerprint density at radius 1 is 0.919 bits per heavy atom. The monoisotopic (exact) mass is 499 g/mol. The Morgan fingerprint density at radius 2 is 1.62 bits per heavy atom. The van der Waals surface area contributed by atoms with Gasteiger partial charge in [0, 0.05) is 17.3 Å². The van der Waals surface area contributed by atoms with E-state index < -0.39 is 29.8 Å². The average Bonchev–Trinajstić information content (AvgIpc) is 3.34. The maximum atomic E-state index is 13.2. The van der Waals surface area contributed by atoms with Crippen LogP contribution in [0.4, 0.5) is 5.69 Å². The number of fused-ring (bicyclic) bond motifs is 1. The molecule has 4 N–H and O–H groups in total. The molecule has 0 aliphatic heterocycles. The lowest BCUT2D eigenvalue weighted by Crippen LogP contribution is -2.43. The number of carboxylic acid groups (broad SMARTS) is 1. The van der Waals surface area contributed by atoms with Gasteiger partial charge in [-0.3, -0.25) is 9.59 Å². The molecule has 37 heavy (non-hydrogen) atoms. The average molecular weight is 500 g/mol. The number of carboxylic acids is 1. The molecule has 0 radical (unpaired) electrons. The van der Waals surface area contributed by atoms with Crippen molar-refractivity contribution in [2.75, 3.05) is 11.9 Å². The van der Waals surface area contributed by atoms with Gasteiger partial charge in [0.1, 0.15) is 11.7 Å². The number of aromatic nitrogens is 1. The minimum absolute atomic E-state index is 0.0913. The molecule has 0 saturated heterocycles. The first kappa shape index (κ1) is 25.2. The van der Waals surface area contributed by atoms with Crippen molar-refractivity contribution in [2.45, 2.75) is 19.4 Å². The Labute approximate surface area is 212 Å². The molecular weight excluding hydrogens is 474 g/mol. The van der Waals surface area contributed by atoms with Gasteiger partial charge in [-0.15, -0.1) is 0 Å². The maximum Gasteiger partial charge on any atom is 0.335 e. The Morgan fingerprint density at radius 3 is 2.32 bits per heavy atom. The molecule has 2 amide bonds. The summed E-state index contributed by atoms with van der Waals surface area (Å²) < 4.78 is 5.13. The quantitative estimate of drug-likeness (QED) is 0.257. The number of benzene rings is 3. The number of ether oxygens (including phenoxy) is 1. The first-order valence-electron chi connectivity index (χ1n) is 11.6. The summed E-state index contributed by atoms with van der Waals surface area (Å²) in [6, 6.07) is 20.7. The van der Waals surface area contributed by atoms with Gasteiger partial charge >= 0.3 is 11.9 Å². The van der Waals surface area contributed by atoms with Gasteiger partial charge in [-0.1, -0.05) is 42.5 Å². The molecule has 4 rings (SSSR count). The SMILES string of the molecule is CCOC(=O)C(Cc1ccc(C(=O)O)cc1)NC(=O)c1ccccc1NC(=O)c1cc2ccccc2[nH]1. The first-order valence-corrected chi connectivity index (χ1v) is 11.6. The van der Waals surface area contributed by atoms with Gasteiger partial charge in [-0.2, -0.15) is 0 Å². The molecule has 0 saturated carbocycles. The van der Waals surface area contributed by atoms with Crippen LogP contribution in [-0.2, 0) is 16.0 Å². The molecule has 0 bridgehead atoms. The first-order chi connectivity index (χ1) is 17.9. The summed E-state index contributed by atoms with van der Waals surface area (Å²) in [5.74, 6) is -2.68. The highest BCUT2D eigenvalue weighted by Crippen LogP contribution is 2.19. The lowest BCUT2D eigenvalue weighted by Gasteiger charge is -2.19. The fraction of sp³-hybridized carbons (Fsp3) is 0.143. The summed E-state index contributed by atoms with van der Waals surface area (Å²) >= 11 is 0. The number of aromatic amines is 1. The molecule has 1 aromatic heterocycles. The van der Waals surface area contributed by atoms with E-state index in [0.717, 1.165) is 10.9 Å². The predicted octanol–water partition coefficient (Wildman–Crippen LogP) is 4.02. The normalized spacial score (nSPS) is 11.5. The molecule has 0 aliphatic carbocycles. The minimum Gasteiger partial charge on any atom is -0.478 e. The van der Waals surface area contributed by atoms with Crippen LogP contribution in [0.1, 0.15) is 43.7 Å². The molecule has 0 fully saturated rings. The molecule has 0 aliphatic rings. The summed E-state index contributed by atoms with van der Waals surface area (Å²) in [6.07, 6.45) is 0.0913. The van der Waals surface area contributed by atoms with E-state index in [4.69, 9.17) is 9.84 Å². The molecule has 0 spiro atoms. The van der Waals surface area contributed by atoms with Gasteiger partial charge in [0.2, 0.25) is 0 Å². The van der Waals surface area contributed by atoms with Crippen LogP contribution in [-0.4, -0.2) is 46.5 Å². The number of nitrogens with one attached hydrogen (secondary N) is 3. The summed E-state index contributed by atoms with van der Waals surface area (Å²) in [5.41, 5.74) is 2.35. The Bertz CT molecular complexity index is 1430. The molecule has 188 valence electrons. The number of amides is 2. The van der Waals surface area contributed by atoms with Crippen molar-refractivity contribution >= 4 is 40.3 Å². The van der Waals surface area contributed by atoms with Crippen LogP contribution in [0.5, 0.6) is 0 Å². The van der Waals surface area contributed by atoms with E-state index in [1.54, 1.807) is 49.4 Å². The van der Waals surface area contributed by atoms with Crippen molar-refractivity contribution in [3.05, 3.63) is 101 Å². The Kier molecular flexibility index (Phi) is 7.63. The van der Waals surface area contributed by atoms with Gasteiger partial charge in [-0.25, -0.2) is 9.59 Å². The lowest BCUT2D eigenvalue weighted by atomic mass is 10.0. The number of rotatable bonds is 9. The standard InChI is InChI=1S/C28H25N3O6/c1-2-37-28(36)24(15-17-11-13-18(14-12-17)27(34)35)31-25(32)20-8-4-6-10-22(20)30-26(33)23-16-19-7-3-5-9-21(19)29-23/h3-14,16,24,29H,2,15H2,1H3,(H,30,33)(H,31,32)(H,34,35).